The number of hydrogen-bond acceptors (Lipinski definition) is 4. The summed E-state index contributed by atoms with van der Waals surface area (Å²) in [5.74, 6) is -0.850. The van der Waals surface area contributed by atoms with Crippen LogP contribution in [0.3, 0.4) is 0 Å². The van der Waals surface area contributed by atoms with Gasteiger partial charge in [0.2, 0.25) is 17.7 Å². The lowest BCUT2D eigenvalue weighted by Gasteiger charge is -2.30. The van der Waals surface area contributed by atoms with Crippen LogP contribution in [0.1, 0.15) is 39.2 Å². The summed E-state index contributed by atoms with van der Waals surface area (Å²) in [6.45, 7) is 6.33. The summed E-state index contributed by atoms with van der Waals surface area (Å²) >= 11 is 0. The maximum atomic E-state index is 13.2. The summed E-state index contributed by atoms with van der Waals surface area (Å²) in [4.78, 5) is 42.9. The van der Waals surface area contributed by atoms with Gasteiger partial charge in [-0.25, -0.2) is 0 Å². The van der Waals surface area contributed by atoms with E-state index in [1.807, 2.05) is 38.2 Å². The summed E-state index contributed by atoms with van der Waals surface area (Å²) in [5.41, 5.74) is 7.86. The van der Waals surface area contributed by atoms with Crippen molar-refractivity contribution >= 4 is 41.0 Å². The molecule has 0 aliphatic carbocycles. The molecule has 0 saturated carbocycles. The van der Waals surface area contributed by atoms with Gasteiger partial charge >= 0.3 is 0 Å². The van der Waals surface area contributed by atoms with Crippen LogP contribution in [0.4, 0.5) is 0 Å². The summed E-state index contributed by atoms with van der Waals surface area (Å²) in [5, 5.41) is 6.88. The minimum atomic E-state index is -0.698. The number of carbonyl (C=O) groups is 3. The second-order valence-electron chi connectivity index (χ2n) is 8.61. The van der Waals surface area contributed by atoms with Gasteiger partial charge < -0.3 is 26.3 Å². The number of likely N-dealkylation sites (tertiary alicyclic amines) is 1. The van der Waals surface area contributed by atoms with Gasteiger partial charge in [-0.15, -0.1) is 12.4 Å². The molecule has 0 bridgehead atoms. The Labute approximate surface area is 195 Å². The van der Waals surface area contributed by atoms with Crippen LogP contribution in [-0.4, -0.2) is 58.8 Å². The van der Waals surface area contributed by atoms with Crippen LogP contribution in [0.2, 0.25) is 0 Å². The SMILES string of the molecule is CC(C)[C@H](NC(=O)[C@H](C)N)C(=O)N1CCC[C@H]1C(=O)NCCc1c[nH]c2ccccc12.Cl. The molecular formula is C23H34ClN5O3. The van der Waals surface area contributed by atoms with Crippen molar-refractivity contribution in [3.05, 3.63) is 36.0 Å². The lowest BCUT2D eigenvalue weighted by atomic mass is 10.0. The van der Waals surface area contributed by atoms with E-state index in [1.54, 1.807) is 11.8 Å². The summed E-state index contributed by atoms with van der Waals surface area (Å²) < 4.78 is 0. The quantitative estimate of drug-likeness (QED) is 0.476. The highest BCUT2D eigenvalue weighted by molar-refractivity contribution is 5.93. The predicted octanol–water partition coefficient (Wildman–Crippen LogP) is 1.73. The van der Waals surface area contributed by atoms with E-state index in [4.69, 9.17) is 5.73 Å². The lowest BCUT2D eigenvalue weighted by Crippen LogP contribution is -2.57. The van der Waals surface area contributed by atoms with Crippen molar-refractivity contribution in [2.45, 2.75) is 58.2 Å². The maximum Gasteiger partial charge on any atom is 0.246 e. The highest BCUT2D eigenvalue weighted by Crippen LogP contribution is 2.21. The first-order valence-electron chi connectivity index (χ1n) is 11.0. The Morgan fingerprint density at radius 1 is 1.22 bits per heavy atom. The minimum absolute atomic E-state index is 0. The van der Waals surface area contributed by atoms with E-state index in [-0.39, 0.29) is 36.0 Å². The van der Waals surface area contributed by atoms with Crippen LogP contribution >= 0.6 is 12.4 Å². The molecule has 2 heterocycles. The first-order chi connectivity index (χ1) is 14.8. The van der Waals surface area contributed by atoms with E-state index in [0.717, 1.165) is 22.9 Å². The van der Waals surface area contributed by atoms with Crippen LogP contribution in [-0.2, 0) is 20.8 Å². The van der Waals surface area contributed by atoms with Gasteiger partial charge in [0.25, 0.3) is 0 Å². The number of amides is 3. The van der Waals surface area contributed by atoms with Gasteiger partial charge in [-0.1, -0.05) is 32.0 Å². The fourth-order valence-corrected chi connectivity index (χ4v) is 4.06. The van der Waals surface area contributed by atoms with E-state index >= 15 is 0 Å². The number of halogens is 1. The molecule has 176 valence electrons. The monoisotopic (exact) mass is 463 g/mol. The van der Waals surface area contributed by atoms with Crippen LogP contribution in [0.15, 0.2) is 30.5 Å². The number of rotatable bonds is 8. The van der Waals surface area contributed by atoms with Crippen molar-refractivity contribution in [1.82, 2.24) is 20.5 Å². The zero-order chi connectivity index (χ0) is 22.5. The number of carbonyl (C=O) groups excluding carboxylic acids is 3. The highest BCUT2D eigenvalue weighted by atomic mass is 35.5. The number of fused-ring (bicyclic) bond motifs is 1. The largest absolute Gasteiger partial charge is 0.361 e. The van der Waals surface area contributed by atoms with E-state index in [2.05, 4.69) is 21.7 Å². The van der Waals surface area contributed by atoms with Crippen molar-refractivity contribution in [3.63, 3.8) is 0 Å². The molecule has 9 heteroatoms. The molecule has 0 unspecified atom stereocenters. The van der Waals surface area contributed by atoms with E-state index in [0.29, 0.717) is 25.9 Å². The molecule has 1 fully saturated rings. The van der Waals surface area contributed by atoms with Crippen LogP contribution in [0.25, 0.3) is 10.9 Å². The first-order valence-corrected chi connectivity index (χ1v) is 11.0. The Hall–Kier alpha value is -2.58. The molecule has 3 amide bonds. The van der Waals surface area contributed by atoms with Crippen molar-refractivity contribution in [2.24, 2.45) is 11.7 Å². The second kappa shape index (κ2) is 11.3. The van der Waals surface area contributed by atoms with Gasteiger partial charge in [-0.3, -0.25) is 14.4 Å². The molecule has 0 spiro atoms. The smallest absolute Gasteiger partial charge is 0.246 e. The van der Waals surface area contributed by atoms with Gasteiger partial charge in [0.05, 0.1) is 6.04 Å². The number of H-pyrrole nitrogens is 1. The first kappa shape index (κ1) is 25.7. The Balaban J connectivity index is 0.00000363. The van der Waals surface area contributed by atoms with Crippen LogP contribution in [0.5, 0.6) is 0 Å². The Morgan fingerprint density at radius 2 is 1.94 bits per heavy atom. The lowest BCUT2D eigenvalue weighted by molar-refractivity contribution is -0.142. The molecule has 1 aromatic heterocycles. The number of nitrogens with one attached hydrogen (secondary N) is 3. The van der Waals surface area contributed by atoms with Gasteiger partial charge in [-0.05, 0) is 43.7 Å². The Morgan fingerprint density at radius 3 is 2.62 bits per heavy atom. The Bertz CT molecular complexity index is 943. The van der Waals surface area contributed by atoms with Crippen LogP contribution < -0.4 is 16.4 Å². The molecule has 0 radical (unpaired) electrons. The summed E-state index contributed by atoms with van der Waals surface area (Å²) in [6.07, 6.45) is 4.06. The minimum Gasteiger partial charge on any atom is -0.361 e. The molecular weight excluding hydrogens is 430 g/mol. The number of nitrogens with zero attached hydrogens (tertiary/aromatic N) is 1. The van der Waals surface area contributed by atoms with E-state index in [9.17, 15) is 14.4 Å². The molecule has 3 atom stereocenters. The number of benzene rings is 1. The van der Waals surface area contributed by atoms with Crippen molar-refractivity contribution in [2.75, 3.05) is 13.1 Å². The fraction of sp³-hybridized carbons (Fsp3) is 0.522. The number of aromatic nitrogens is 1. The molecule has 1 saturated heterocycles. The van der Waals surface area contributed by atoms with Crippen LogP contribution in [0, 0.1) is 5.92 Å². The number of aromatic amines is 1. The normalized spacial score (nSPS) is 17.7. The average Bonchev–Trinajstić information content (AvgIpc) is 3.38. The number of nitrogens with two attached hydrogens (primary N) is 1. The molecule has 8 nitrogen and oxygen atoms in total. The third kappa shape index (κ3) is 5.81. The highest BCUT2D eigenvalue weighted by Gasteiger charge is 2.38. The Kier molecular flexibility index (Phi) is 9.09. The number of para-hydroxylation sites is 1. The topological polar surface area (TPSA) is 120 Å². The number of hydrogen-bond donors (Lipinski definition) is 4. The molecule has 32 heavy (non-hydrogen) atoms. The second-order valence-corrected chi connectivity index (χ2v) is 8.61. The standard InChI is InChI=1S/C23H33N5O3.ClH/c1-14(2)20(27-21(29)15(3)24)23(31)28-12-6-9-19(28)22(30)25-11-10-16-13-26-18-8-5-4-7-17(16)18;/h4-5,7-8,13-15,19-20,26H,6,9-12,24H2,1-3H3,(H,25,30)(H,27,29);1H/t15-,19-,20-;/m0./s1. The molecule has 3 rings (SSSR count). The molecule has 1 aliphatic heterocycles. The zero-order valence-corrected chi connectivity index (χ0v) is 19.7. The van der Waals surface area contributed by atoms with E-state index < -0.39 is 18.1 Å². The van der Waals surface area contributed by atoms with Gasteiger partial charge in [-0.2, -0.15) is 0 Å². The van der Waals surface area contributed by atoms with Crippen molar-refractivity contribution in [1.29, 1.82) is 0 Å². The predicted molar refractivity (Wildman–Crippen MR) is 127 cm³/mol. The molecule has 1 aromatic carbocycles. The third-order valence-corrected chi connectivity index (χ3v) is 5.85. The van der Waals surface area contributed by atoms with E-state index in [1.165, 1.54) is 0 Å². The van der Waals surface area contributed by atoms with Crippen molar-refractivity contribution in [3.8, 4) is 0 Å². The average molecular weight is 464 g/mol. The summed E-state index contributed by atoms with van der Waals surface area (Å²) in [6, 6.07) is 6.16. The van der Waals surface area contributed by atoms with Gasteiger partial charge in [0.1, 0.15) is 12.1 Å². The molecule has 1 aliphatic rings. The van der Waals surface area contributed by atoms with Gasteiger partial charge in [0, 0.05) is 30.2 Å². The molecule has 2 aromatic rings. The third-order valence-electron chi connectivity index (χ3n) is 5.85. The zero-order valence-electron chi connectivity index (χ0n) is 18.9. The van der Waals surface area contributed by atoms with Gasteiger partial charge in [0.15, 0.2) is 0 Å². The molecule has 5 N–H and O–H groups in total. The maximum absolute atomic E-state index is 13.2. The fourth-order valence-electron chi connectivity index (χ4n) is 4.06. The van der Waals surface area contributed by atoms with Crippen molar-refractivity contribution < 1.29 is 14.4 Å². The summed E-state index contributed by atoms with van der Waals surface area (Å²) in [7, 11) is 0.